The number of halogens is 4. The highest BCUT2D eigenvalue weighted by Crippen LogP contribution is 2.39. The van der Waals surface area contributed by atoms with E-state index in [1.165, 1.54) is 24.4 Å². The highest BCUT2D eigenvalue weighted by Gasteiger charge is 2.46. The number of pyridine rings is 1. The molecular formula is C18H13ClF3NO2. The van der Waals surface area contributed by atoms with Crippen LogP contribution in [-0.2, 0) is 16.9 Å². The lowest BCUT2D eigenvalue weighted by molar-refractivity contribution is -0.131. The molecule has 3 rings (SSSR count). The molecule has 0 aliphatic heterocycles. The lowest BCUT2D eigenvalue weighted by Gasteiger charge is -2.29. The molecule has 0 unspecified atom stereocenters. The number of hydrogen-bond donors (Lipinski definition) is 0. The molecule has 0 saturated heterocycles. The third-order valence-corrected chi connectivity index (χ3v) is 4.72. The van der Waals surface area contributed by atoms with Gasteiger partial charge >= 0.3 is 0 Å². The molecule has 0 saturated carbocycles. The van der Waals surface area contributed by atoms with Crippen molar-refractivity contribution >= 4 is 23.2 Å². The van der Waals surface area contributed by atoms with Crippen molar-refractivity contribution in [1.29, 1.82) is 0 Å². The number of aromatic nitrogens is 1. The summed E-state index contributed by atoms with van der Waals surface area (Å²) in [5.41, 5.74) is -2.39. The van der Waals surface area contributed by atoms with E-state index >= 15 is 4.39 Å². The van der Waals surface area contributed by atoms with E-state index in [0.29, 0.717) is 0 Å². The minimum atomic E-state index is -2.34. The van der Waals surface area contributed by atoms with Crippen LogP contribution in [0.25, 0.3) is 0 Å². The molecule has 0 radical (unpaired) electrons. The van der Waals surface area contributed by atoms with Crippen LogP contribution in [0.2, 0.25) is 5.02 Å². The zero-order valence-corrected chi connectivity index (χ0v) is 13.7. The van der Waals surface area contributed by atoms with Gasteiger partial charge in [-0.15, -0.1) is 0 Å². The number of Topliss-reactive ketones (excluding diaryl/α,β-unsaturated/α-hetero) is 2. The molecule has 0 spiro atoms. The summed E-state index contributed by atoms with van der Waals surface area (Å²) >= 11 is 5.50. The summed E-state index contributed by atoms with van der Waals surface area (Å²) in [5.74, 6) is -2.94. The average Bonchev–Trinajstić information content (AvgIpc) is 2.62. The topological polar surface area (TPSA) is 47.0 Å². The van der Waals surface area contributed by atoms with Gasteiger partial charge in [0, 0.05) is 31.0 Å². The fraction of sp³-hybridized carbons (Fsp3) is 0.278. The molecule has 3 nitrogen and oxygen atoms in total. The first-order chi connectivity index (χ1) is 11.8. The Labute approximate surface area is 146 Å². The maximum Gasteiger partial charge on any atom is 0.196 e. The van der Waals surface area contributed by atoms with Crippen molar-refractivity contribution in [1.82, 2.24) is 4.98 Å². The van der Waals surface area contributed by atoms with Gasteiger partial charge in [0.15, 0.2) is 17.2 Å². The number of benzene rings is 1. The van der Waals surface area contributed by atoms with E-state index in [-0.39, 0.29) is 48.3 Å². The van der Waals surface area contributed by atoms with Crippen molar-refractivity contribution in [2.75, 3.05) is 0 Å². The first-order valence-corrected chi connectivity index (χ1v) is 8.05. The lowest BCUT2D eigenvalue weighted by Crippen LogP contribution is -2.37. The normalized spacial score (nSPS) is 19.6. The van der Waals surface area contributed by atoms with Gasteiger partial charge in [-0.2, -0.15) is 0 Å². The molecule has 1 atom stereocenters. The Bertz CT molecular complexity index is 871. The van der Waals surface area contributed by atoms with Crippen molar-refractivity contribution in [2.24, 2.45) is 0 Å². The summed E-state index contributed by atoms with van der Waals surface area (Å²) in [6.45, 7) is 0. The maximum absolute atomic E-state index is 15.4. The molecule has 1 heterocycles. The van der Waals surface area contributed by atoms with Crippen LogP contribution < -0.4 is 0 Å². The van der Waals surface area contributed by atoms with Gasteiger partial charge in [-0.25, -0.2) is 13.2 Å². The van der Waals surface area contributed by atoms with Gasteiger partial charge < -0.3 is 0 Å². The molecule has 1 aliphatic rings. The summed E-state index contributed by atoms with van der Waals surface area (Å²) in [4.78, 5) is 28.2. The number of fused-ring (bicyclic) bond motifs is 1. The Morgan fingerprint density at radius 3 is 2.80 bits per heavy atom. The maximum atomic E-state index is 15.4. The fourth-order valence-electron chi connectivity index (χ4n) is 2.98. The van der Waals surface area contributed by atoms with Gasteiger partial charge in [0.05, 0.1) is 0 Å². The van der Waals surface area contributed by atoms with Gasteiger partial charge in [0.2, 0.25) is 0 Å². The summed E-state index contributed by atoms with van der Waals surface area (Å²) in [6.07, 6.45) is 0.541. The van der Waals surface area contributed by atoms with E-state index in [0.717, 1.165) is 6.07 Å². The van der Waals surface area contributed by atoms with E-state index in [4.69, 9.17) is 11.6 Å². The molecule has 0 bridgehead atoms. The highest BCUT2D eigenvalue weighted by atomic mass is 35.5. The number of hydrogen-bond acceptors (Lipinski definition) is 3. The van der Waals surface area contributed by atoms with Crippen molar-refractivity contribution < 1.29 is 22.8 Å². The van der Waals surface area contributed by atoms with Crippen LogP contribution in [0.5, 0.6) is 0 Å². The van der Waals surface area contributed by atoms with Crippen LogP contribution in [0.1, 0.15) is 40.9 Å². The molecule has 0 N–H and O–H groups in total. The van der Waals surface area contributed by atoms with Crippen LogP contribution in [0, 0.1) is 11.6 Å². The Kier molecular flexibility index (Phi) is 4.64. The second-order valence-corrected chi connectivity index (χ2v) is 6.26. The van der Waals surface area contributed by atoms with Crippen LogP contribution >= 0.6 is 11.6 Å². The van der Waals surface area contributed by atoms with Crippen molar-refractivity contribution in [3.05, 3.63) is 63.9 Å². The Hall–Kier alpha value is -2.21. The Balaban J connectivity index is 1.84. The van der Waals surface area contributed by atoms with Gasteiger partial charge in [0.1, 0.15) is 22.4 Å². The van der Waals surface area contributed by atoms with Crippen molar-refractivity contribution in [3.8, 4) is 0 Å². The Morgan fingerprint density at radius 1 is 1.28 bits per heavy atom. The third-order valence-electron chi connectivity index (χ3n) is 4.37. The van der Waals surface area contributed by atoms with Crippen LogP contribution in [0.15, 0.2) is 30.5 Å². The molecule has 130 valence electrons. The minimum absolute atomic E-state index is 0.0293. The zero-order chi connectivity index (χ0) is 18.2. The number of carbonyl (C=O) groups is 2. The van der Waals surface area contributed by atoms with Gasteiger partial charge in [0.25, 0.3) is 0 Å². The van der Waals surface area contributed by atoms with Gasteiger partial charge in [-0.3, -0.25) is 14.6 Å². The fourth-order valence-corrected chi connectivity index (χ4v) is 3.17. The Morgan fingerprint density at radius 2 is 2.04 bits per heavy atom. The predicted molar refractivity (Wildman–Crippen MR) is 85.3 cm³/mol. The number of aryl methyl sites for hydroxylation is 1. The monoisotopic (exact) mass is 367 g/mol. The SMILES string of the molecule is O=C1CC[C@@](F)(C(=O)CCc2ccc(F)c(Cl)c2F)c2cccnc21. The molecule has 7 heteroatoms. The standard InChI is InChI=1S/C18H13ClF3NO2/c19-15-12(20)5-3-10(16(15)21)4-6-14(25)18(22)8-7-13(24)17-11(18)2-1-9-23-17/h1-3,5,9H,4,6-8H2/t18-/m0/s1. The van der Waals surface area contributed by atoms with E-state index in [1.54, 1.807) is 0 Å². The number of carbonyl (C=O) groups excluding carboxylic acids is 2. The molecule has 25 heavy (non-hydrogen) atoms. The smallest absolute Gasteiger partial charge is 0.196 e. The summed E-state index contributed by atoms with van der Waals surface area (Å²) < 4.78 is 42.4. The van der Waals surface area contributed by atoms with Crippen molar-refractivity contribution in [2.45, 2.75) is 31.4 Å². The largest absolute Gasteiger partial charge is 0.296 e. The summed E-state index contributed by atoms with van der Waals surface area (Å²) in [6, 6.07) is 4.99. The summed E-state index contributed by atoms with van der Waals surface area (Å²) in [5, 5.41) is -0.655. The first kappa shape index (κ1) is 17.6. The molecule has 1 aromatic heterocycles. The molecule has 0 fully saturated rings. The molecule has 1 aliphatic carbocycles. The molecule has 2 aromatic rings. The van der Waals surface area contributed by atoms with Gasteiger partial charge in [-0.05, 0) is 24.1 Å². The quantitative estimate of drug-likeness (QED) is 0.754. The van der Waals surface area contributed by atoms with Gasteiger partial charge in [-0.1, -0.05) is 23.7 Å². The van der Waals surface area contributed by atoms with Crippen LogP contribution in [0.4, 0.5) is 13.2 Å². The highest BCUT2D eigenvalue weighted by molar-refractivity contribution is 6.30. The number of nitrogens with zero attached hydrogens (tertiary/aromatic N) is 1. The number of ketones is 2. The second kappa shape index (κ2) is 6.59. The van der Waals surface area contributed by atoms with Crippen LogP contribution in [-0.4, -0.2) is 16.6 Å². The molecular weight excluding hydrogens is 355 g/mol. The van der Waals surface area contributed by atoms with E-state index in [1.807, 2.05) is 0 Å². The van der Waals surface area contributed by atoms with Crippen molar-refractivity contribution in [3.63, 3.8) is 0 Å². The number of rotatable bonds is 4. The zero-order valence-electron chi connectivity index (χ0n) is 13.0. The van der Waals surface area contributed by atoms with E-state index in [2.05, 4.69) is 4.98 Å². The molecule has 1 aromatic carbocycles. The third kappa shape index (κ3) is 3.06. The summed E-state index contributed by atoms with van der Waals surface area (Å²) in [7, 11) is 0. The lowest BCUT2D eigenvalue weighted by atomic mass is 9.78. The minimum Gasteiger partial charge on any atom is -0.296 e. The van der Waals surface area contributed by atoms with E-state index < -0.39 is 28.1 Å². The second-order valence-electron chi connectivity index (χ2n) is 5.88. The predicted octanol–water partition coefficient (Wildman–Crippen LogP) is 4.36. The first-order valence-electron chi connectivity index (χ1n) is 7.68. The van der Waals surface area contributed by atoms with E-state index in [9.17, 15) is 18.4 Å². The average molecular weight is 368 g/mol. The molecule has 0 amide bonds. The number of alkyl halides is 1. The van der Waals surface area contributed by atoms with Crippen LogP contribution in [0.3, 0.4) is 0 Å².